The molecule has 0 saturated carbocycles. The summed E-state index contributed by atoms with van der Waals surface area (Å²) in [5, 5.41) is 0. The standard InChI is InChI=1S/C19H20O2/c1-12-5-7-14(3)16(9-12)18(20)11-19(21)17-10-13(2)6-8-15(17)4/h5-10H,11H2,1-4H3. The highest BCUT2D eigenvalue weighted by molar-refractivity contribution is 6.14. The molecule has 0 aliphatic carbocycles. The summed E-state index contributed by atoms with van der Waals surface area (Å²) < 4.78 is 0. The summed E-state index contributed by atoms with van der Waals surface area (Å²) in [6, 6.07) is 11.5. The lowest BCUT2D eigenvalue weighted by Crippen LogP contribution is -2.11. The van der Waals surface area contributed by atoms with Crippen LogP contribution < -0.4 is 0 Å². The Bertz CT molecular complexity index is 650. The van der Waals surface area contributed by atoms with Gasteiger partial charge in [0.05, 0.1) is 6.42 Å². The Labute approximate surface area is 125 Å². The summed E-state index contributed by atoms with van der Waals surface area (Å²) in [6.07, 6.45) is -0.0748. The van der Waals surface area contributed by atoms with Crippen LogP contribution in [0, 0.1) is 27.7 Å². The van der Waals surface area contributed by atoms with Crippen molar-refractivity contribution < 1.29 is 9.59 Å². The number of carbonyl (C=O) groups is 2. The van der Waals surface area contributed by atoms with Crippen LogP contribution in [0.1, 0.15) is 49.4 Å². The van der Waals surface area contributed by atoms with E-state index < -0.39 is 0 Å². The van der Waals surface area contributed by atoms with E-state index in [-0.39, 0.29) is 18.0 Å². The molecule has 0 heterocycles. The SMILES string of the molecule is Cc1ccc(C)c(C(=O)CC(=O)c2cc(C)ccc2C)c1. The summed E-state index contributed by atoms with van der Waals surface area (Å²) in [5.41, 5.74) is 5.19. The number of Topliss-reactive ketones (excluding diaryl/α,β-unsaturated/α-hetero) is 2. The summed E-state index contributed by atoms with van der Waals surface area (Å²) in [7, 11) is 0. The van der Waals surface area contributed by atoms with E-state index in [0.717, 1.165) is 22.3 Å². The van der Waals surface area contributed by atoms with Gasteiger partial charge in [0.2, 0.25) is 0 Å². The molecular weight excluding hydrogens is 260 g/mol. The molecule has 2 rings (SSSR count). The van der Waals surface area contributed by atoms with Gasteiger partial charge in [-0.2, -0.15) is 0 Å². The number of hydrogen-bond acceptors (Lipinski definition) is 2. The Balaban J connectivity index is 2.25. The molecule has 0 radical (unpaired) electrons. The van der Waals surface area contributed by atoms with E-state index in [9.17, 15) is 9.59 Å². The van der Waals surface area contributed by atoms with Crippen molar-refractivity contribution in [1.82, 2.24) is 0 Å². The normalized spacial score (nSPS) is 10.5. The lowest BCUT2D eigenvalue weighted by Gasteiger charge is -2.08. The highest BCUT2D eigenvalue weighted by atomic mass is 16.1. The fourth-order valence-corrected chi connectivity index (χ4v) is 2.41. The van der Waals surface area contributed by atoms with Gasteiger partial charge in [-0.3, -0.25) is 9.59 Å². The zero-order valence-electron chi connectivity index (χ0n) is 13.0. The third-order valence-corrected chi connectivity index (χ3v) is 3.71. The number of benzene rings is 2. The van der Waals surface area contributed by atoms with Crippen LogP contribution >= 0.6 is 0 Å². The van der Waals surface area contributed by atoms with E-state index in [1.165, 1.54) is 0 Å². The van der Waals surface area contributed by atoms with Crippen LogP contribution in [0.15, 0.2) is 36.4 Å². The molecule has 0 fully saturated rings. The first kappa shape index (κ1) is 15.2. The third kappa shape index (κ3) is 3.46. The summed E-state index contributed by atoms with van der Waals surface area (Å²) in [4.78, 5) is 24.8. The van der Waals surface area contributed by atoms with E-state index in [1.807, 2.05) is 64.1 Å². The van der Waals surface area contributed by atoms with Gasteiger partial charge in [-0.05, 0) is 51.0 Å². The van der Waals surface area contributed by atoms with E-state index in [4.69, 9.17) is 0 Å². The van der Waals surface area contributed by atoms with Crippen LogP contribution in [-0.2, 0) is 0 Å². The Kier molecular flexibility index (Phi) is 4.37. The number of ketones is 2. The van der Waals surface area contributed by atoms with Crippen LogP contribution in [-0.4, -0.2) is 11.6 Å². The van der Waals surface area contributed by atoms with Crippen LogP contribution in [0.4, 0.5) is 0 Å². The second-order valence-corrected chi connectivity index (χ2v) is 5.66. The Morgan fingerprint density at radius 1 is 0.714 bits per heavy atom. The largest absolute Gasteiger partial charge is 0.294 e. The third-order valence-electron chi connectivity index (χ3n) is 3.71. The fraction of sp³-hybridized carbons (Fsp3) is 0.263. The van der Waals surface area contributed by atoms with Gasteiger partial charge in [-0.1, -0.05) is 35.4 Å². The quantitative estimate of drug-likeness (QED) is 0.615. The molecule has 2 nitrogen and oxygen atoms in total. The van der Waals surface area contributed by atoms with Crippen molar-refractivity contribution >= 4 is 11.6 Å². The van der Waals surface area contributed by atoms with Crippen molar-refractivity contribution in [3.8, 4) is 0 Å². The van der Waals surface area contributed by atoms with Gasteiger partial charge < -0.3 is 0 Å². The minimum absolute atomic E-state index is 0.0748. The molecule has 0 N–H and O–H groups in total. The topological polar surface area (TPSA) is 34.1 Å². The maximum absolute atomic E-state index is 12.4. The number of rotatable bonds is 4. The Hall–Kier alpha value is -2.22. The molecule has 0 aromatic heterocycles. The predicted octanol–water partition coefficient (Wildman–Crippen LogP) is 4.38. The van der Waals surface area contributed by atoms with Crippen LogP contribution in [0.2, 0.25) is 0 Å². The first-order chi connectivity index (χ1) is 9.88. The molecule has 0 aliphatic heterocycles. The van der Waals surface area contributed by atoms with Gasteiger partial charge in [-0.25, -0.2) is 0 Å². The van der Waals surface area contributed by atoms with Crippen molar-refractivity contribution in [3.05, 3.63) is 69.8 Å². The minimum atomic E-state index is -0.109. The first-order valence-electron chi connectivity index (χ1n) is 7.09. The maximum Gasteiger partial charge on any atom is 0.170 e. The number of hydrogen-bond donors (Lipinski definition) is 0. The summed E-state index contributed by atoms with van der Waals surface area (Å²) in [6.45, 7) is 7.69. The lowest BCUT2D eigenvalue weighted by molar-refractivity contribution is 0.0893. The molecule has 0 atom stereocenters. The van der Waals surface area contributed by atoms with Crippen molar-refractivity contribution in [1.29, 1.82) is 0 Å². The molecule has 0 saturated heterocycles. The van der Waals surface area contributed by atoms with Crippen LogP contribution in [0.3, 0.4) is 0 Å². The smallest absolute Gasteiger partial charge is 0.170 e. The van der Waals surface area contributed by atoms with E-state index >= 15 is 0 Å². The molecule has 0 unspecified atom stereocenters. The minimum Gasteiger partial charge on any atom is -0.294 e. The Morgan fingerprint density at radius 3 is 1.48 bits per heavy atom. The van der Waals surface area contributed by atoms with Gasteiger partial charge in [-0.15, -0.1) is 0 Å². The van der Waals surface area contributed by atoms with Crippen molar-refractivity contribution in [2.75, 3.05) is 0 Å². The molecule has 0 bridgehead atoms. The van der Waals surface area contributed by atoms with Gasteiger partial charge in [0, 0.05) is 11.1 Å². The summed E-state index contributed by atoms with van der Waals surface area (Å²) in [5.74, 6) is -0.218. The highest BCUT2D eigenvalue weighted by Gasteiger charge is 2.17. The average molecular weight is 280 g/mol. The predicted molar refractivity (Wildman–Crippen MR) is 85.1 cm³/mol. The molecule has 2 heteroatoms. The monoisotopic (exact) mass is 280 g/mol. The van der Waals surface area contributed by atoms with Gasteiger partial charge in [0.1, 0.15) is 0 Å². The fourth-order valence-electron chi connectivity index (χ4n) is 2.41. The highest BCUT2D eigenvalue weighted by Crippen LogP contribution is 2.17. The second-order valence-electron chi connectivity index (χ2n) is 5.66. The lowest BCUT2D eigenvalue weighted by atomic mass is 9.94. The van der Waals surface area contributed by atoms with E-state index in [1.54, 1.807) is 0 Å². The first-order valence-corrected chi connectivity index (χ1v) is 7.09. The van der Waals surface area contributed by atoms with Crippen molar-refractivity contribution in [2.24, 2.45) is 0 Å². The summed E-state index contributed by atoms with van der Waals surface area (Å²) >= 11 is 0. The van der Waals surface area contributed by atoms with Crippen LogP contribution in [0.5, 0.6) is 0 Å². The zero-order chi connectivity index (χ0) is 15.6. The van der Waals surface area contributed by atoms with Gasteiger partial charge >= 0.3 is 0 Å². The number of aryl methyl sites for hydroxylation is 4. The molecular formula is C19H20O2. The molecule has 0 spiro atoms. The molecule has 21 heavy (non-hydrogen) atoms. The van der Waals surface area contributed by atoms with Crippen molar-refractivity contribution in [3.63, 3.8) is 0 Å². The second kappa shape index (κ2) is 6.04. The molecule has 2 aromatic rings. The van der Waals surface area contributed by atoms with Crippen molar-refractivity contribution in [2.45, 2.75) is 34.1 Å². The van der Waals surface area contributed by atoms with Gasteiger partial charge in [0.25, 0.3) is 0 Å². The van der Waals surface area contributed by atoms with E-state index in [0.29, 0.717) is 11.1 Å². The van der Waals surface area contributed by atoms with E-state index in [2.05, 4.69) is 0 Å². The van der Waals surface area contributed by atoms with Crippen LogP contribution in [0.25, 0.3) is 0 Å². The average Bonchev–Trinajstić information content (AvgIpc) is 2.43. The molecule has 2 aromatic carbocycles. The molecule has 108 valence electrons. The van der Waals surface area contributed by atoms with Gasteiger partial charge in [0.15, 0.2) is 11.6 Å². The zero-order valence-corrected chi connectivity index (χ0v) is 13.0. The number of carbonyl (C=O) groups excluding carboxylic acids is 2. The molecule has 0 aliphatic rings. The molecule has 0 amide bonds. The maximum atomic E-state index is 12.4. The Morgan fingerprint density at radius 2 is 1.10 bits per heavy atom.